The molecule has 1 heteroatoms. The molecule has 0 amide bonds. The van der Waals surface area contributed by atoms with Crippen LogP contribution in [0.2, 0.25) is 0 Å². The number of allylic oxidation sites excluding steroid dienone is 1. The Kier molecular flexibility index (Phi) is 5.31. The third kappa shape index (κ3) is 3.51. The largest absolute Gasteiger partial charge is 0.389 e. The van der Waals surface area contributed by atoms with Crippen LogP contribution in [-0.2, 0) is 0 Å². The third-order valence-corrected chi connectivity index (χ3v) is 2.83. The van der Waals surface area contributed by atoms with E-state index in [9.17, 15) is 5.11 Å². The summed E-state index contributed by atoms with van der Waals surface area (Å²) < 4.78 is 0. The van der Waals surface area contributed by atoms with E-state index in [4.69, 9.17) is 0 Å². The highest BCUT2D eigenvalue weighted by Gasteiger charge is 2.31. The van der Waals surface area contributed by atoms with Gasteiger partial charge in [-0.1, -0.05) is 39.3 Å². The molecule has 0 bridgehead atoms. The quantitative estimate of drug-likeness (QED) is 0.618. The van der Waals surface area contributed by atoms with Crippen molar-refractivity contribution < 1.29 is 5.11 Å². The molecular formula is C12H24O. The van der Waals surface area contributed by atoms with Crippen LogP contribution in [0, 0.1) is 5.92 Å². The molecule has 1 aliphatic carbocycles. The van der Waals surface area contributed by atoms with E-state index in [1.165, 1.54) is 5.57 Å². The van der Waals surface area contributed by atoms with E-state index in [0.717, 1.165) is 19.3 Å². The molecule has 1 unspecified atom stereocenters. The van der Waals surface area contributed by atoms with E-state index < -0.39 is 5.60 Å². The summed E-state index contributed by atoms with van der Waals surface area (Å²) in [5.41, 5.74) is 1.01. The molecule has 1 nitrogen and oxygen atoms in total. The minimum atomic E-state index is -0.417. The minimum absolute atomic E-state index is 0.381. The monoisotopic (exact) mass is 184 g/mol. The van der Waals surface area contributed by atoms with Gasteiger partial charge in [-0.25, -0.2) is 0 Å². The van der Waals surface area contributed by atoms with Crippen LogP contribution in [0.1, 0.15) is 53.9 Å². The van der Waals surface area contributed by atoms with Crippen LogP contribution in [0.3, 0.4) is 0 Å². The highest BCUT2D eigenvalue weighted by Crippen LogP contribution is 2.32. The lowest BCUT2D eigenvalue weighted by Crippen LogP contribution is -2.36. The van der Waals surface area contributed by atoms with Crippen LogP contribution >= 0.6 is 0 Å². The first-order valence-corrected chi connectivity index (χ1v) is 5.42. The fourth-order valence-electron chi connectivity index (χ4n) is 1.49. The van der Waals surface area contributed by atoms with Gasteiger partial charge in [-0.15, -0.1) is 0 Å². The number of aliphatic hydroxyl groups is 1. The predicted molar refractivity (Wildman–Crippen MR) is 58.7 cm³/mol. The fourth-order valence-corrected chi connectivity index (χ4v) is 1.49. The summed E-state index contributed by atoms with van der Waals surface area (Å²) in [6.45, 7) is 10.3. The summed E-state index contributed by atoms with van der Waals surface area (Å²) in [7, 11) is 0. The van der Waals surface area contributed by atoms with Gasteiger partial charge >= 0.3 is 0 Å². The van der Waals surface area contributed by atoms with Crippen LogP contribution in [0.4, 0.5) is 0 Å². The second kappa shape index (κ2) is 5.43. The van der Waals surface area contributed by atoms with E-state index >= 15 is 0 Å². The highest BCUT2D eigenvalue weighted by molar-refractivity contribution is 5.08. The van der Waals surface area contributed by atoms with Crippen LogP contribution < -0.4 is 0 Å². The van der Waals surface area contributed by atoms with Crippen molar-refractivity contribution in [3.8, 4) is 0 Å². The zero-order valence-corrected chi connectivity index (χ0v) is 9.72. The Hall–Kier alpha value is -0.300. The van der Waals surface area contributed by atoms with Gasteiger partial charge in [0.25, 0.3) is 0 Å². The highest BCUT2D eigenvalue weighted by atomic mass is 16.3. The van der Waals surface area contributed by atoms with Crippen LogP contribution in [0.25, 0.3) is 0 Å². The minimum Gasteiger partial charge on any atom is -0.389 e. The van der Waals surface area contributed by atoms with E-state index in [1.807, 2.05) is 13.8 Å². The zero-order valence-electron chi connectivity index (χ0n) is 9.72. The molecule has 13 heavy (non-hydrogen) atoms. The second-order valence-electron chi connectivity index (χ2n) is 4.01. The SMILES string of the molecule is CC.CC1=CCC(O)(C(C)C)CC1. The van der Waals surface area contributed by atoms with Gasteiger partial charge in [0.05, 0.1) is 5.60 Å². The molecule has 1 N–H and O–H groups in total. The van der Waals surface area contributed by atoms with E-state index in [1.54, 1.807) is 0 Å². The number of hydrogen-bond donors (Lipinski definition) is 1. The third-order valence-electron chi connectivity index (χ3n) is 2.83. The van der Waals surface area contributed by atoms with Crippen molar-refractivity contribution in [2.75, 3.05) is 0 Å². The van der Waals surface area contributed by atoms with Crippen molar-refractivity contribution in [2.45, 2.75) is 59.5 Å². The first-order valence-electron chi connectivity index (χ1n) is 5.42. The molecule has 0 aromatic rings. The molecule has 0 heterocycles. The molecular weight excluding hydrogens is 160 g/mol. The Bertz CT molecular complexity index is 170. The van der Waals surface area contributed by atoms with Crippen molar-refractivity contribution in [1.82, 2.24) is 0 Å². The standard InChI is InChI=1S/C10H18O.C2H6/c1-8(2)10(11)6-4-9(3)5-7-10;1-2/h4,8,11H,5-7H2,1-3H3;1-2H3. The lowest BCUT2D eigenvalue weighted by Gasteiger charge is -2.34. The second-order valence-corrected chi connectivity index (χ2v) is 4.01. The normalized spacial score (nSPS) is 27.8. The molecule has 0 aliphatic heterocycles. The molecule has 1 atom stereocenters. The van der Waals surface area contributed by atoms with Gasteiger partial charge in [-0.2, -0.15) is 0 Å². The van der Waals surface area contributed by atoms with Gasteiger partial charge in [-0.05, 0) is 32.1 Å². The topological polar surface area (TPSA) is 20.2 Å². The van der Waals surface area contributed by atoms with Crippen LogP contribution in [0.5, 0.6) is 0 Å². The Morgan fingerprint density at radius 1 is 1.38 bits per heavy atom. The lowest BCUT2D eigenvalue weighted by atomic mass is 9.78. The van der Waals surface area contributed by atoms with Crippen molar-refractivity contribution in [3.63, 3.8) is 0 Å². The summed E-state index contributed by atoms with van der Waals surface area (Å²) in [4.78, 5) is 0. The summed E-state index contributed by atoms with van der Waals surface area (Å²) in [6, 6.07) is 0. The van der Waals surface area contributed by atoms with Crippen LogP contribution in [-0.4, -0.2) is 10.7 Å². The lowest BCUT2D eigenvalue weighted by molar-refractivity contribution is -0.0140. The molecule has 0 saturated heterocycles. The summed E-state index contributed by atoms with van der Waals surface area (Å²) in [6.07, 6.45) is 5.02. The number of rotatable bonds is 1. The maximum Gasteiger partial charge on any atom is 0.0707 e. The smallest absolute Gasteiger partial charge is 0.0707 e. The molecule has 0 spiro atoms. The van der Waals surface area contributed by atoms with Gasteiger partial charge in [0, 0.05) is 0 Å². The fraction of sp³-hybridized carbons (Fsp3) is 0.833. The van der Waals surface area contributed by atoms with Gasteiger partial charge in [0.1, 0.15) is 0 Å². The molecule has 1 aliphatic rings. The Morgan fingerprint density at radius 3 is 2.23 bits per heavy atom. The van der Waals surface area contributed by atoms with Gasteiger partial charge in [0.15, 0.2) is 0 Å². The van der Waals surface area contributed by atoms with Crippen molar-refractivity contribution in [1.29, 1.82) is 0 Å². The maximum atomic E-state index is 10.0. The predicted octanol–water partition coefficient (Wildman–Crippen LogP) is 3.53. The summed E-state index contributed by atoms with van der Waals surface area (Å²) >= 11 is 0. The van der Waals surface area contributed by atoms with Crippen LogP contribution in [0.15, 0.2) is 11.6 Å². The number of hydrogen-bond acceptors (Lipinski definition) is 1. The summed E-state index contributed by atoms with van der Waals surface area (Å²) in [5, 5.41) is 10.0. The molecule has 0 aromatic carbocycles. The van der Waals surface area contributed by atoms with Crippen molar-refractivity contribution in [2.24, 2.45) is 5.92 Å². The molecule has 0 aromatic heterocycles. The average Bonchev–Trinajstić information content (AvgIpc) is 2.14. The Morgan fingerprint density at radius 2 is 1.92 bits per heavy atom. The van der Waals surface area contributed by atoms with E-state index in [-0.39, 0.29) is 0 Å². The first kappa shape index (κ1) is 12.7. The molecule has 0 radical (unpaired) electrons. The van der Waals surface area contributed by atoms with Crippen molar-refractivity contribution >= 4 is 0 Å². The average molecular weight is 184 g/mol. The molecule has 0 saturated carbocycles. The van der Waals surface area contributed by atoms with E-state index in [2.05, 4.69) is 26.8 Å². The summed E-state index contributed by atoms with van der Waals surface area (Å²) in [5.74, 6) is 0.381. The van der Waals surface area contributed by atoms with Gasteiger partial charge in [-0.3, -0.25) is 0 Å². The molecule has 1 rings (SSSR count). The Labute approximate surface area is 82.9 Å². The first-order chi connectivity index (χ1) is 6.04. The van der Waals surface area contributed by atoms with Gasteiger partial charge < -0.3 is 5.11 Å². The van der Waals surface area contributed by atoms with Gasteiger partial charge in [0.2, 0.25) is 0 Å². The molecule has 0 fully saturated rings. The van der Waals surface area contributed by atoms with Crippen molar-refractivity contribution in [3.05, 3.63) is 11.6 Å². The molecule has 78 valence electrons. The zero-order chi connectivity index (χ0) is 10.5. The van der Waals surface area contributed by atoms with E-state index in [0.29, 0.717) is 5.92 Å². The maximum absolute atomic E-state index is 10.0. The Balaban J connectivity index is 0.000000671.